The number of nitrogens with two attached hydrogens (primary N) is 1. The summed E-state index contributed by atoms with van der Waals surface area (Å²) in [5.74, 6) is 2.57. The first kappa shape index (κ1) is 13.6. The molecule has 3 N–H and O–H groups in total. The average Bonchev–Trinajstić information content (AvgIpc) is 2.81. The zero-order valence-electron chi connectivity index (χ0n) is 11.9. The van der Waals surface area contributed by atoms with Crippen LogP contribution in [0.4, 0.5) is 0 Å². The fourth-order valence-corrected chi connectivity index (χ4v) is 3.21. The normalized spacial score (nSPS) is 27.1. The van der Waals surface area contributed by atoms with Crippen LogP contribution in [0, 0.1) is 17.3 Å². The van der Waals surface area contributed by atoms with E-state index in [-0.39, 0.29) is 6.04 Å². The van der Waals surface area contributed by atoms with Gasteiger partial charge in [-0.3, -0.25) is 0 Å². The van der Waals surface area contributed by atoms with E-state index in [1.54, 1.807) is 6.20 Å². The molecule has 1 saturated carbocycles. The molecule has 0 saturated heterocycles. The van der Waals surface area contributed by atoms with Crippen molar-refractivity contribution in [1.29, 1.82) is 0 Å². The van der Waals surface area contributed by atoms with Gasteiger partial charge in [0.1, 0.15) is 5.82 Å². The van der Waals surface area contributed by atoms with Gasteiger partial charge in [0.05, 0.1) is 0 Å². The van der Waals surface area contributed by atoms with Gasteiger partial charge in [-0.15, -0.1) is 0 Å². The third-order valence-corrected chi connectivity index (χ3v) is 4.59. The minimum Gasteiger partial charge on any atom is -0.349 e. The maximum atomic E-state index is 6.33. The molecule has 18 heavy (non-hydrogen) atoms. The summed E-state index contributed by atoms with van der Waals surface area (Å²) in [6.45, 7) is 7.09. The second-order valence-electron chi connectivity index (χ2n) is 6.88. The Balaban J connectivity index is 1.82. The molecule has 1 atom stereocenters. The monoisotopic (exact) mass is 249 g/mol. The Hall–Kier alpha value is -0.830. The zero-order valence-corrected chi connectivity index (χ0v) is 11.9. The molecule has 0 radical (unpaired) electrons. The predicted molar refractivity (Wildman–Crippen MR) is 75.2 cm³/mol. The van der Waals surface area contributed by atoms with Gasteiger partial charge < -0.3 is 10.7 Å². The lowest BCUT2D eigenvalue weighted by Gasteiger charge is -2.38. The fourth-order valence-electron chi connectivity index (χ4n) is 3.21. The first-order valence-electron chi connectivity index (χ1n) is 7.20. The van der Waals surface area contributed by atoms with Crippen molar-refractivity contribution in [2.45, 2.75) is 58.9 Å². The van der Waals surface area contributed by atoms with E-state index in [1.165, 1.54) is 25.7 Å². The van der Waals surface area contributed by atoms with Crippen LogP contribution in [0.1, 0.15) is 52.3 Å². The highest BCUT2D eigenvalue weighted by Crippen LogP contribution is 2.40. The summed E-state index contributed by atoms with van der Waals surface area (Å²) in [7, 11) is 0. The summed E-state index contributed by atoms with van der Waals surface area (Å²) >= 11 is 0. The number of hydrogen-bond acceptors (Lipinski definition) is 2. The molecule has 0 amide bonds. The molecule has 1 aromatic rings. The maximum Gasteiger partial charge on any atom is 0.107 e. The lowest BCUT2D eigenvalue weighted by atomic mass is 9.68. The molecular weight excluding hydrogens is 222 g/mol. The van der Waals surface area contributed by atoms with Gasteiger partial charge in [-0.05, 0) is 42.9 Å². The molecule has 0 spiro atoms. The highest BCUT2D eigenvalue weighted by atomic mass is 14.9. The Morgan fingerprint density at radius 1 is 1.33 bits per heavy atom. The van der Waals surface area contributed by atoms with Gasteiger partial charge in [-0.25, -0.2) is 4.98 Å². The Morgan fingerprint density at radius 3 is 2.50 bits per heavy atom. The largest absolute Gasteiger partial charge is 0.349 e. The fraction of sp³-hybridized carbons (Fsp3) is 0.800. The van der Waals surface area contributed by atoms with Gasteiger partial charge in [0.25, 0.3) is 0 Å². The third-order valence-electron chi connectivity index (χ3n) is 4.59. The summed E-state index contributed by atoms with van der Waals surface area (Å²) in [6.07, 6.45) is 9.79. The van der Waals surface area contributed by atoms with Crippen molar-refractivity contribution >= 4 is 0 Å². The smallest absolute Gasteiger partial charge is 0.107 e. The molecule has 3 nitrogen and oxygen atoms in total. The Morgan fingerprint density at radius 2 is 2.00 bits per heavy atom. The topological polar surface area (TPSA) is 54.7 Å². The van der Waals surface area contributed by atoms with Crippen LogP contribution in [0.2, 0.25) is 0 Å². The maximum absolute atomic E-state index is 6.33. The number of aromatic amines is 1. The number of nitrogens with one attached hydrogen (secondary N) is 1. The van der Waals surface area contributed by atoms with Crippen LogP contribution in [0.3, 0.4) is 0 Å². The quantitative estimate of drug-likeness (QED) is 0.864. The second kappa shape index (κ2) is 5.43. The Kier molecular flexibility index (Phi) is 4.10. The number of aromatic nitrogens is 2. The van der Waals surface area contributed by atoms with Crippen LogP contribution < -0.4 is 5.73 Å². The number of imidazole rings is 1. The number of hydrogen-bond donors (Lipinski definition) is 2. The van der Waals surface area contributed by atoms with E-state index in [1.807, 2.05) is 6.20 Å². The molecule has 1 aromatic heterocycles. The lowest BCUT2D eigenvalue weighted by Crippen LogP contribution is -2.37. The van der Waals surface area contributed by atoms with E-state index in [0.29, 0.717) is 11.3 Å². The van der Waals surface area contributed by atoms with Crippen molar-refractivity contribution in [3.63, 3.8) is 0 Å². The molecular formula is C15H27N3. The van der Waals surface area contributed by atoms with Gasteiger partial charge in [-0.2, -0.15) is 0 Å². The van der Waals surface area contributed by atoms with E-state index in [0.717, 1.165) is 18.2 Å². The standard InChI is InChI=1S/C15H27N3/c1-15(2,3)12-6-4-11(5-7-12)13(16)10-14-17-8-9-18-14/h8-9,11-13H,4-7,10,16H2,1-3H3,(H,17,18). The highest BCUT2D eigenvalue weighted by Gasteiger charge is 2.31. The minimum atomic E-state index is 0.261. The Bertz CT molecular complexity index is 342. The van der Waals surface area contributed by atoms with E-state index in [4.69, 9.17) is 5.73 Å². The molecule has 0 bridgehead atoms. The highest BCUT2D eigenvalue weighted by molar-refractivity contribution is 4.93. The first-order chi connectivity index (χ1) is 8.47. The number of nitrogens with zero attached hydrogens (tertiary/aromatic N) is 1. The van der Waals surface area contributed by atoms with Crippen molar-refractivity contribution in [2.24, 2.45) is 23.0 Å². The van der Waals surface area contributed by atoms with Crippen molar-refractivity contribution in [3.8, 4) is 0 Å². The predicted octanol–water partition coefficient (Wildman–Crippen LogP) is 3.13. The summed E-state index contributed by atoms with van der Waals surface area (Å²) in [5.41, 5.74) is 6.79. The molecule has 0 aliphatic heterocycles. The molecule has 1 heterocycles. The molecule has 2 rings (SSSR count). The van der Waals surface area contributed by atoms with E-state index in [9.17, 15) is 0 Å². The van der Waals surface area contributed by atoms with E-state index in [2.05, 4.69) is 30.7 Å². The van der Waals surface area contributed by atoms with Crippen LogP contribution in [0.25, 0.3) is 0 Å². The molecule has 1 aliphatic rings. The van der Waals surface area contributed by atoms with Crippen molar-refractivity contribution in [2.75, 3.05) is 0 Å². The van der Waals surface area contributed by atoms with Gasteiger partial charge in [0.2, 0.25) is 0 Å². The second-order valence-corrected chi connectivity index (χ2v) is 6.88. The molecule has 1 aliphatic carbocycles. The first-order valence-corrected chi connectivity index (χ1v) is 7.20. The lowest BCUT2D eigenvalue weighted by molar-refractivity contribution is 0.139. The Labute approximate surface area is 111 Å². The van der Waals surface area contributed by atoms with Crippen LogP contribution in [0.5, 0.6) is 0 Å². The van der Waals surface area contributed by atoms with Gasteiger partial charge >= 0.3 is 0 Å². The van der Waals surface area contributed by atoms with Crippen molar-refractivity contribution in [1.82, 2.24) is 9.97 Å². The van der Waals surface area contributed by atoms with Crippen LogP contribution in [-0.2, 0) is 6.42 Å². The molecule has 1 fully saturated rings. The molecule has 1 unspecified atom stereocenters. The van der Waals surface area contributed by atoms with Crippen LogP contribution in [-0.4, -0.2) is 16.0 Å². The summed E-state index contributed by atoms with van der Waals surface area (Å²) in [6, 6.07) is 0.261. The third kappa shape index (κ3) is 3.35. The van der Waals surface area contributed by atoms with Gasteiger partial charge in [0.15, 0.2) is 0 Å². The minimum absolute atomic E-state index is 0.261. The number of rotatable bonds is 3. The average molecular weight is 249 g/mol. The molecule has 102 valence electrons. The van der Waals surface area contributed by atoms with Crippen LogP contribution >= 0.6 is 0 Å². The number of H-pyrrole nitrogens is 1. The van der Waals surface area contributed by atoms with Crippen LogP contribution in [0.15, 0.2) is 12.4 Å². The van der Waals surface area contributed by atoms with E-state index < -0.39 is 0 Å². The summed E-state index contributed by atoms with van der Waals surface area (Å²) < 4.78 is 0. The SMILES string of the molecule is CC(C)(C)C1CCC(C(N)Cc2ncc[nH]2)CC1. The zero-order chi connectivity index (χ0) is 13.2. The van der Waals surface area contributed by atoms with Crippen molar-refractivity contribution in [3.05, 3.63) is 18.2 Å². The van der Waals surface area contributed by atoms with E-state index >= 15 is 0 Å². The van der Waals surface area contributed by atoms with Crippen molar-refractivity contribution < 1.29 is 0 Å². The summed E-state index contributed by atoms with van der Waals surface area (Å²) in [4.78, 5) is 7.42. The molecule has 0 aromatic carbocycles. The van der Waals surface area contributed by atoms with Gasteiger partial charge in [-0.1, -0.05) is 20.8 Å². The summed E-state index contributed by atoms with van der Waals surface area (Å²) in [5, 5.41) is 0. The van der Waals surface area contributed by atoms with Gasteiger partial charge in [0, 0.05) is 24.9 Å². The molecule has 3 heteroatoms.